The molecular weight excluding hydrogens is 310 g/mol. The van der Waals surface area contributed by atoms with Crippen molar-refractivity contribution in [2.75, 3.05) is 6.61 Å². The number of rotatable bonds is 8. The Morgan fingerprint density at radius 2 is 2.00 bits per heavy atom. The van der Waals surface area contributed by atoms with Gasteiger partial charge in [0.2, 0.25) is 11.8 Å². The highest BCUT2D eigenvalue weighted by atomic mass is 16.5. The number of nitrogens with one attached hydrogen (secondary N) is 1. The van der Waals surface area contributed by atoms with Gasteiger partial charge in [-0.2, -0.15) is 0 Å². The Kier molecular flexibility index (Phi) is 6.21. The maximum atomic E-state index is 12.9. The third kappa shape index (κ3) is 3.71. The summed E-state index contributed by atoms with van der Waals surface area (Å²) < 4.78 is 5.07. The summed E-state index contributed by atoms with van der Waals surface area (Å²) in [6.45, 7) is 5.77. The lowest BCUT2D eigenvalue weighted by Crippen LogP contribution is -2.58. The predicted octanol–water partition coefficient (Wildman–Crippen LogP) is 0.561. The lowest BCUT2D eigenvalue weighted by Gasteiger charge is -2.36. The first-order chi connectivity index (χ1) is 11.4. The number of carbonyl (C=O) groups is 3. The molecule has 3 N–H and O–H groups in total. The van der Waals surface area contributed by atoms with Crippen LogP contribution in [0.2, 0.25) is 0 Å². The van der Waals surface area contributed by atoms with Gasteiger partial charge in [-0.3, -0.25) is 19.7 Å². The topological polar surface area (TPSA) is 102 Å². The van der Waals surface area contributed by atoms with Gasteiger partial charge in [-0.15, -0.1) is 0 Å². The molecule has 4 unspecified atom stereocenters. The molecule has 2 bridgehead atoms. The van der Waals surface area contributed by atoms with E-state index in [1.54, 1.807) is 18.7 Å². The summed E-state index contributed by atoms with van der Waals surface area (Å²) in [7, 11) is 0. The average Bonchev–Trinajstić information content (AvgIpc) is 3.14. The number of esters is 1. The summed E-state index contributed by atoms with van der Waals surface area (Å²) >= 11 is 0. The van der Waals surface area contributed by atoms with Crippen LogP contribution in [0.5, 0.6) is 0 Å². The molecule has 1 aliphatic heterocycles. The Morgan fingerprint density at radius 3 is 2.58 bits per heavy atom. The first kappa shape index (κ1) is 18.7. The third-order valence-electron chi connectivity index (χ3n) is 5.10. The molecular formula is C17H29N3O4. The van der Waals surface area contributed by atoms with E-state index in [0.29, 0.717) is 13.0 Å². The number of carbonyl (C=O) groups excluding carboxylic acids is 3. The summed E-state index contributed by atoms with van der Waals surface area (Å²) in [5.74, 6) is -0.747. The zero-order valence-electron chi connectivity index (χ0n) is 14.8. The molecule has 1 saturated heterocycles. The van der Waals surface area contributed by atoms with E-state index in [2.05, 4.69) is 5.32 Å². The first-order valence-electron chi connectivity index (χ1n) is 8.94. The molecule has 0 spiro atoms. The molecule has 5 atom stereocenters. The largest absolute Gasteiger partial charge is 0.465 e. The maximum absolute atomic E-state index is 12.9. The first-order valence-corrected chi connectivity index (χ1v) is 8.94. The number of nitrogens with two attached hydrogens (primary N) is 1. The molecule has 2 fully saturated rings. The summed E-state index contributed by atoms with van der Waals surface area (Å²) in [6, 6.07) is -1.49. The molecule has 0 aromatic carbocycles. The van der Waals surface area contributed by atoms with E-state index in [1.165, 1.54) is 0 Å². The number of likely N-dealkylation sites (tertiary alicyclic amines) is 1. The van der Waals surface area contributed by atoms with Crippen molar-refractivity contribution in [2.24, 2.45) is 11.7 Å². The highest BCUT2D eigenvalue weighted by Gasteiger charge is 2.51. The SMILES string of the molecule is CCC[C@H](NC(C)C(=O)N1C2CCC(C2)C1C(N)=O)C(=O)OCC. The highest BCUT2D eigenvalue weighted by Crippen LogP contribution is 2.42. The summed E-state index contributed by atoms with van der Waals surface area (Å²) in [6.07, 6.45) is 4.12. The number of ether oxygens (including phenoxy) is 1. The van der Waals surface area contributed by atoms with Gasteiger partial charge in [-0.25, -0.2) is 0 Å². The van der Waals surface area contributed by atoms with Crippen molar-refractivity contribution >= 4 is 17.8 Å². The number of piperidine rings is 1. The van der Waals surface area contributed by atoms with Crippen molar-refractivity contribution in [1.82, 2.24) is 10.2 Å². The fraction of sp³-hybridized carbons (Fsp3) is 0.824. The van der Waals surface area contributed by atoms with Crippen LogP contribution in [0.3, 0.4) is 0 Å². The Morgan fingerprint density at radius 1 is 1.29 bits per heavy atom. The van der Waals surface area contributed by atoms with Crippen molar-refractivity contribution in [2.45, 2.75) is 77.0 Å². The van der Waals surface area contributed by atoms with E-state index in [0.717, 1.165) is 25.7 Å². The van der Waals surface area contributed by atoms with Gasteiger partial charge in [0.1, 0.15) is 12.1 Å². The van der Waals surface area contributed by atoms with Crippen LogP contribution in [0.25, 0.3) is 0 Å². The fourth-order valence-corrected chi connectivity index (χ4v) is 4.07. The highest BCUT2D eigenvalue weighted by molar-refractivity contribution is 5.90. The number of primary amides is 1. The number of fused-ring (bicyclic) bond motifs is 2. The number of amides is 2. The summed E-state index contributed by atoms with van der Waals surface area (Å²) in [5, 5.41) is 3.08. The number of hydrogen-bond acceptors (Lipinski definition) is 5. The van der Waals surface area contributed by atoms with Gasteiger partial charge < -0.3 is 15.4 Å². The molecule has 136 valence electrons. The zero-order valence-corrected chi connectivity index (χ0v) is 14.8. The van der Waals surface area contributed by atoms with Gasteiger partial charge in [-0.1, -0.05) is 13.3 Å². The average molecular weight is 339 g/mol. The van der Waals surface area contributed by atoms with E-state index in [-0.39, 0.29) is 23.8 Å². The van der Waals surface area contributed by atoms with E-state index in [9.17, 15) is 14.4 Å². The van der Waals surface area contributed by atoms with E-state index >= 15 is 0 Å². The second kappa shape index (κ2) is 7.96. The minimum Gasteiger partial charge on any atom is -0.465 e. The van der Waals surface area contributed by atoms with Crippen LogP contribution in [0.1, 0.15) is 52.9 Å². The van der Waals surface area contributed by atoms with Crippen LogP contribution < -0.4 is 11.1 Å². The quantitative estimate of drug-likeness (QED) is 0.629. The molecule has 7 heteroatoms. The molecule has 0 radical (unpaired) electrons. The van der Waals surface area contributed by atoms with Crippen LogP contribution in [0.4, 0.5) is 0 Å². The van der Waals surface area contributed by atoms with Gasteiger partial charge in [-0.05, 0) is 45.4 Å². The van der Waals surface area contributed by atoms with Crippen molar-refractivity contribution in [1.29, 1.82) is 0 Å². The van der Waals surface area contributed by atoms with Crippen LogP contribution in [0.15, 0.2) is 0 Å². The molecule has 0 aromatic rings. The Balaban J connectivity index is 2.05. The number of hydrogen-bond donors (Lipinski definition) is 2. The van der Waals surface area contributed by atoms with Gasteiger partial charge in [0.05, 0.1) is 12.6 Å². The lowest BCUT2D eigenvalue weighted by molar-refractivity contribution is -0.148. The van der Waals surface area contributed by atoms with Crippen LogP contribution in [0, 0.1) is 5.92 Å². The standard InChI is InChI=1S/C17H29N3O4/c1-4-6-13(17(23)24-5-2)19-10(3)16(22)20-12-8-7-11(9-12)14(20)15(18)21/h10-14,19H,4-9H2,1-3H3,(H2,18,21)/t10?,11?,12?,13-,14?/m0/s1. The van der Waals surface area contributed by atoms with Crippen molar-refractivity contribution in [3.63, 3.8) is 0 Å². The van der Waals surface area contributed by atoms with Crippen LogP contribution >= 0.6 is 0 Å². The normalized spacial score (nSPS) is 27.8. The minimum atomic E-state index is -0.563. The van der Waals surface area contributed by atoms with Crippen LogP contribution in [-0.4, -0.2) is 53.5 Å². The molecule has 2 aliphatic rings. The van der Waals surface area contributed by atoms with Gasteiger partial charge >= 0.3 is 5.97 Å². The summed E-state index contributed by atoms with van der Waals surface area (Å²) in [4.78, 5) is 38.3. The molecule has 1 heterocycles. The Bertz CT molecular complexity index is 496. The van der Waals surface area contributed by atoms with Gasteiger partial charge in [0, 0.05) is 6.04 Å². The molecule has 7 nitrogen and oxygen atoms in total. The predicted molar refractivity (Wildman–Crippen MR) is 88.9 cm³/mol. The molecule has 0 aromatic heterocycles. The molecule has 24 heavy (non-hydrogen) atoms. The smallest absolute Gasteiger partial charge is 0.323 e. The lowest BCUT2D eigenvalue weighted by atomic mass is 9.97. The molecule has 1 saturated carbocycles. The van der Waals surface area contributed by atoms with Crippen LogP contribution in [-0.2, 0) is 19.1 Å². The zero-order chi connectivity index (χ0) is 17.9. The summed E-state index contributed by atoms with van der Waals surface area (Å²) in [5.41, 5.74) is 5.52. The monoisotopic (exact) mass is 339 g/mol. The Hall–Kier alpha value is -1.63. The Labute approximate surface area is 143 Å². The fourth-order valence-electron chi connectivity index (χ4n) is 4.07. The van der Waals surface area contributed by atoms with E-state index in [1.807, 2.05) is 6.92 Å². The van der Waals surface area contributed by atoms with Crippen molar-refractivity contribution < 1.29 is 19.1 Å². The molecule has 2 amide bonds. The van der Waals surface area contributed by atoms with E-state index in [4.69, 9.17) is 10.5 Å². The maximum Gasteiger partial charge on any atom is 0.323 e. The molecule has 1 aliphatic carbocycles. The van der Waals surface area contributed by atoms with Gasteiger partial charge in [0.25, 0.3) is 0 Å². The molecule has 2 rings (SSSR count). The van der Waals surface area contributed by atoms with Gasteiger partial charge in [0.15, 0.2) is 0 Å². The van der Waals surface area contributed by atoms with E-state index < -0.39 is 24.0 Å². The number of nitrogens with zero attached hydrogens (tertiary/aromatic N) is 1. The van der Waals surface area contributed by atoms with Crippen molar-refractivity contribution in [3.8, 4) is 0 Å². The van der Waals surface area contributed by atoms with Crippen molar-refractivity contribution in [3.05, 3.63) is 0 Å². The third-order valence-corrected chi connectivity index (χ3v) is 5.10. The second-order valence-corrected chi connectivity index (χ2v) is 6.80. The minimum absolute atomic E-state index is 0.0940. The second-order valence-electron chi connectivity index (χ2n) is 6.80.